The van der Waals surface area contributed by atoms with E-state index in [9.17, 15) is 4.79 Å². The molecule has 0 aliphatic carbocycles. The second-order valence-electron chi connectivity index (χ2n) is 5.77. The van der Waals surface area contributed by atoms with Crippen molar-refractivity contribution >= 4 is 21.8 Å². The Bertz CT molecular complexity index is 407. The second-order valence-corrected chi connectivity index (χ2v) is 6.56. The van der Waals surface area contributed by atoms with E-state index in [2.05, 4.69) is 54.2 Å². The Hall–Kier alpha value is -0.830. The van der Waals surface area contributed by atoms with E-state index < -0.39 is 0 Å². The number of hydrogen-bond donors (Lipinski definition) is 1. The first-order valence-electron chi connectivity index (χ1n) is 8.02. The Kier molecular flexibility index (Phi) is 8.67. The number of halogens is 1. The minimum atomic E-state index is -0.0438. The highest BCUT2D eigenvalue weighted by Gasteiger charge is 2.25. The Balaban J connectivity index is 2.73. The third-order valence-electron chi connectivity index (χ3n) is 4.31. The topological polar surface area (TPSA) is 29.1 Å². The van der Waals surface area contributed by atoms with Crippen LogP contribution in [0, 0.1) is 11.8 Å². The molecule has 118 valence electrons. The van der Waals surface area contributed by atoms with Crippen LogP contribution in [0.2, 0.25) is 0 Å². The van der Waals surface area contributed by atoms with Gasteiger partial charge < -0.3 is 5.32 Å². The van der Waals surface area contributed by atoms with Gasteiger partial charge in [0.25, 0.3) is 0 Å². The average Bonchev–Trinajstić information content (AvgIpc) is 2.52. The van der Waals surface area contributed by atoms with E-state index in [0.29, 0.717) is 11.8 Å². The molecule has 0 saturated heterocycles. The maximum absolute atomic E-state index is 12.6. The van der Waals surface area contributed by atoms with Crippen LogP contribution in [0.3, 0.4) is 0 Å². The van der Waals surface area contributed by atoms with Crippen molar-refractivity contribution in [3.05, 3.63) is 35.9 Å². The van der Waals surface area contributed by atoms with Crippen LogP contribution in [0.25, 0.3) is 0 Å². The predicted molar refractivity (Wildman–Crippen MR) is 93.8 cm³/mol. The first-order valence-corrected chi connectivity index (χ1v) is 9.14. The van der Waals surface area contributed by atoms with Gasteiger partial charge in [-0.1, -0.05) is 79.9 Å². The van der Waals surface area contributed by atoms with Crippen molar-refractivity contribution in [1.29, 1.82) is 0 Å². The Labute approximate surface area is 137 Å². The maximum Gasteiger partial charge on any atom is 0.227 e. The molecule has 1 aromatic carbocycles. The van der Waals surface area contributed by atoms with Crippen molar-refractivity contribution in [3.63, 3.8) is 0 Å². The van der Waals surface area contributed by atoms with Gasteiger partial charge in [-0.2, -0.15) is 0 Å². The number of nitrogens with one attached hydrogen (secondary N) is 1. The summed E-state index contributed by atoms with van der Waals surface area (Å²) in [5.74, 6) is 1.03. The van der Waals surface area contributed by atoms with Gasteiger partial charge in [0.15, 0.2) is 0 Å². The number of amides is 1. The normalized spacial score (nSPS) is 15.2. The number of hydrogen-bond acceptors (Lipinski definition) is 1. The fraction of sp³-hybridized carbons (Fsp3) is 0.611. The number of carbonyl (C=O) groups excluding carboxylic acids is 1. The van der Waals surface area contributed by atoms with Gasteiger partial charge in [-0.25, -0.2) is 0 Å². The lowest BCUT2D eigenvalue weighted by molar-refractivity contribution is -0.123. The van der Waals surface area contributed by atoms with Crippen molar-refractivity contribution in [1.82, 2.24) is 5.32 Å². The molecule has 1 aromatic rings. The summed E-state index contributed by atoms with van der Waals surface area (Å²) in [6, 6.07) is 10.1. The van der Waals surface area contributed by atoms with Crippen LogP contribution in [0.5, 0.6) is 0 Å². The summed E-state index contributed by atoms with van der Waals surface area (Å²) in [6.45, 7) is 7.27. The molecule has 3 atom stereocenters. The molecule has 3 unspecified atom stereocenters. The smallest absolute Gasteiger partial charge is 0.227 e. The molecule has 0 aliphatic heterocycles. The van der Waals surface area contributed by atoms with Crippen LogP contribution in [0.1, 0.15) is 51.5 Å². The molecule has 0 aromatic heterocycles. The summed E-state index contributed by atoms with van der Waals surface area (Å²) >= 11 is 3.49. The van der Waals surface area contributed by atoms with E-state index in [1.807, 2.05) is 18.2 Å². The van der Waals surface area contributed by atoms with Crippen molar-refractivity contribution in [2.75, 3.05) is 11.9 Å². The van der Waals surface area contributed by atoms with Gasteiger partial charge in [-0.15, -0.1) is 0 Å². The lowest BCUT2D eigenvalue weighted by atomic mass is 9.84. The van der Waals surface area contributed by atoms with E-state index >= 15 is 0 Å². The lowest BCUT2D eigenvalue weighted by Gasteiger charge is -2.24. The number of rotatable bonds is 9. The molecule has 0 saturated carbocycles. The highest BCUT2D eigenvalue weighted by Crippen LogP contribution is 2.27. The number of benzene rings is 1. The zero-order valence-electron chi connectivity index (χ0n) is 13.4. The van der Waals surface area contributed by atoms with E-state index in [-0.39, 0.29) is 11.8 Å². The van der Waals surface area contributed by atoms with E-state index in [0.717, 1.165) is 36.7 Å². The molecule has 1 rings (SSSR count). The van der Waals surface area contributed by atoms with Gasteiger partial charge in [0.1, 0.15) is 0 Å². The summed E-state index contributed by atoms with van der Waals surface area (Å²) < 4.78 is 0. The minimum Gasteiger partial charge on any atom is -0.355 e. The third kappa shape index (κ3) is 5.82. The van der Waals surface area contributed by atoms with Crippen molar-refractivity contribution in [3.8, 4) is 0 Å². The summed E-state index contributed by atoms with van der Waals surface area (Å²) in [5, 5.41) is 4.17. The predicted octanol–water partition coefficient (Wildman–Crippen LogP) is 4.74. The van der Waals surface area contributed by atoms with Crippen molar-refractivity contribution in [2.24, 2.45) is 11.8 Å². The molecule has 0 radical (unpaired) electrons. The number of carbonyl (C=O) groups is 1. The first-order chi connectivity index (χ1) is 10.1. The van der Waals surface area contributed by atoms with Gasteiger partial charge in [0.2, 0.25) is 5.91 Å². The van der Waals surface area contributed by atoms with Crippen LogP contribution < -0.4 is 5.32 Å². The van der Waals surface area contributed by atoms with Gasteiger partial charge in [-0.05, 0) is 23.8 Å². The second kappa shape index (κ2) is 9.99. The monoisotopic (exact) mass is 353 g/mol. The molecular weight excluding hydrogens is 326 g/mol. The van der Waals surface area contributed by atoms with E-state index in [1.165, 1.54) is 0 Å². The zero-order chi connectivity index (χ0) is 15.7. The van der Waals surface area contributed by atoms with Crippen LogP contribution in [0.15, 0.2) is 30.3 Å². The summed E-state index contributed by atoms with van der Waals surface area (Å²) in [7, 11) is 0. The average molecular weight is 354 g/mol. The van der Waals surface area contributed by atoms with Crippen LogP contribution in [-0.2, 0) is 4.79 Å². The lowest BCUT2D eigenvalue weighted by Crippen LogP contribution is -2.35. The quantitative estimate of drug-likeness (QED) is 0.638. The molecular formula is C18H28BrNO. The minimum absolute atomic E-state index is 0.0438. The van der Waals surface area contributed by atoms with Gasteiger partial charge in [0, 0.05) is 11.9 Å². The summed E-state index contributed by atoms with van der Waals surface area (Å²) in [5.41, 5.74) is 1.12. The van der Waals surface area contributed by atoms with Gasteiger partial charge in [-0.3, -0.25) is 4.79 Å². The summed E-state index contributed by atoms with van der Waals surface area (Å²) in [4.78, 5) is 12.6. The fourth-order valence-electron chi connectivity index (χ4n) is 2.59. The van der Waals surface area contributed by atoms with Crippen LogP contribution in [0.4, 0.5) is 0 Å². The number of alkyl halides is 1. The largest absolute Gasteiger partial charge is 0.355 e. The molecule has 0 fully saturated rings. The highest BCUT2D eigenvalue weighted by molar-refractivity contribution is 9.09. The Morgan fingerprint density at radius 1 is 1.19 bits per heavy atom. The van der Waals surface area contributed by atoms with Crippen molar-refractivity contribution < 1.29 is 4.79 Å². The SMILES string of the molecule is CCC(CCBr)CNC(=O)C(c1ccccc1)C(C)CC. The molecule has 0 aliphatic rings. The molecule has 0 spiro atoms. The molecule has 0 bridgehead atoms. The molecule has 2 nitrogen and oxygen atoms in total. The summed E-state index contributed by atoms with van der Waals surface area (Å²) in [6.07, 6.45) is 3.22. The zero-order valence-corrected chi connectivity index (χ0v) is 15.0. The van der Waals surface area contributed by atoms with Gasteiger partial charge >= 0.3 is 0 Å². The molecule has 3 heteroatoms. The van der Waals surface area contributed by atoms with Gasteiger partial charge in [0.05, 0.1) is 5.92 Å². The molecule has 0 heterocycles. The highest BCUT2D eigenvalue weighted by atomic mass is 79.9. The fourth-order valence-corrected chi connectivity index (χ4v) is 3.24. The van der Waals surface area contributed by atoms with Crippen molar-refractivity contribution in [2.45, 2.75) is 46.0 Å². The Morgan fingerprint density at radius 3 is 2.38 bits per heavy atom. The Morgan fingerprint density at radius 2 is 1.86 bits per heavy atom. The maximum atomic E-state index is 12.6. The molecule has 1 N–H and O–H groups in total. The standard InChI is InChI=1S/C18H28BrNO/c1-4-14(3)17(16-9-7-6-8-10-16)18(21)20-13-15(5-2)11-12-19/h6-10,14-15,17H,4-5,11-13H2,1-3H3,(H,20,21). The van der Waals surface area contributed by atoms with Crippen LogP contribution >= 0.6 is 15.9 Å². The van der Waals surface area contributed by atoms with E-state index in [4.69, 9.17) is 0 Å². The van der Waals surface area contributed by atoms with E-state index in [1.54, 1.807) is 0 Å². The van der Waals surface area contributed by atoms with Crippen LogP contribution in [-0.4, -0.2) is 17.8 Å². The third-order valence-corrected chi connectivity index (χ3v) is 4.77. The molecule has 21 heavy (non-hydrogen) atoms. The molecule has 1 amide bonds. The first kappa shape index (κ1) is 18.2.